The molecule has 0 unspecified atom stereocenters. The molecule has 0 fully saturated rings. The third kappa shape index (κ3) is 5.38. The van der Waals surface area contributed by atoms with Crippen LogP contribution in [0.1, 0.15) is 18.1 Å². The van der Waals surface area contributed by atoms with E-state index in [9.17, 15) is 9.59 Å². The summed E-state index contributed by atoms with van der Waals surface area (Å²) < 4.78 is 6.35. The van der Waals surface area contributed by atoms with Gasteiger partial charge in [-0.1, -0.05) is 36.4 Å². The van der Waals surface area contributed by atoms with Gasteiger partial charge in [-0.3, -0.25) is 9.59 Å². The van der Waals surface area contributed by atoms with E-state index in [0.29, 0.717) is 21.5 Å². The molecule has 7 heteroatoms. The van der Waals surface area contributed by atoms with Crippen LogP contribution < -0.4 is 15.1 Å². The van der Waals surface area contributed by atoms with Crippen molar-refractivity contribution in [2.45, 2.75) is 13.8 Å². The summed E-state index contributed by atoms with van der Waals surface area (Å²) in [6.07, 6.45) is 1.79. The maximum Gasteiger partial charge on any atom is 0.280 e. The Morgan fingerprint density at radius 3 is 2.58 bits per heavy atom. The first kappa shape index (κ1) is 22.5. The zero-order valence-corrected chi connectivity index (χ0v) is 19.8. The molecule has 1 heterocycles. The van der Waals surface area contributed by atoms with E-state index in [1.165, 1.54) is 5.01 Å². The van der Waals surface area contributed by atoms with E-state index in [0.717, 1.165) is 22.5 Å². The number of hydrazone groups is 1. The molecule has 4 rings (SSSR count). The number of nitrogens with one attached hydrogen (secondary N) is 1. The minimum Gasteiger partial charge on any atom is -0.483 e. The Balaban J connectivity index is 1.42. The van der Waals surface area contributed by atoms with E-state index in [2.05, 4.69) is 26.3 Å². The number of carbonyl (C=O) groups is 2. The van der Waals surface area contributed by atoms with Crippen molar-refractivity contribution in [1.82, 2.24) is 0 Å². The van der Waals surface area contributed by atoms with E-state index in [-0.39, 0.29) is 18.4 Å². The highest BCUT2D eigenvalue weighted by atomic mass is 79.9. The number of rotatable bonds is 6. The highest BCUT2D eigenvalue weighted by molar-refractivity contribution is 9.10. The van der Waals surface area contributed by atoms with Crippen molar-refractivity contribution in [3.05, 3.63) is 94.0 Å². The van der Waals surface area contributed by atoms with Gasteiger partial charge in [0.25, 0.3) is 11.8 Å². The van der Waals surface area contributed by atoms with Gasteiger partial charge in [0.15, 0.2) is 6.61 Å². The molecule has 1 N–H and O–H groups in total. The quantitative estimate of drug-likeness (QED) is 0.446. The molecule has 166 valence electrons. The molecule has 0 spiro atoms. The molecule has 0 aromatic heterocycles. The molecular formula is C26H22BrN3O3. The monoisotopic (exact) mass is 503 g/mol. The van der Waals surface area contributed by atoms with Gasteiger partial charge in [0, 0.05) is 5.69 Å². The van der Waals surface area contributed by atoms with E-state index in [1.54, 1.807) is 12.1 Å². The van der Waals surface area contributed by atoms with Gasteiger partial charge in [0.2, 0.25) is 0 Å². The largest absolute Gasteiger partial charge is 0.483 e. The van der Waals surface area contributed by atoms with Crippen LogP contribution in [0.3, 0.4) is 0 Å². The van der Waals surface area contributed by atoms with Crippen LogP contribution in [0.5, 0.6) is 5.75 Å². The lowest BCUT2D eigenvalue weighted by molar-refractivity contribution is -0.118. The molecular weight excluding hydrogens is 482 g/mol. The molecule has 3 aromatic carbocycles. The summed E-state index contributed by atoms with van der Waals surface area (Å²) in [5.74, 6) is 0.108. The fourth-order valence-corrected chi connectivity index (χ4v) is 3.89. The molecule has 0 bridgehead atoms. The average molecular weight is 504 g/mol. The van der Waals surface area contributed by atoms with Crippen LogP contribution in [0.4, 0.5) is 11.4 Å². The summed E-state index contributed by atoms with van der Waals surface area (Å²) in [7, 11) is 0. The second kappa shape index (κ2) is 9.83. The first-order valence-electron chi connectivity index (χ1n) is 10.4. The van der Waals surface area contributed by atoms with Crippen molar-refractivity contribution >= 4 is 50.9 Å². The summed E-state index contributed by atoms with van der Waals surface area (Å²) in [5, 5.41) is 8.62. The highest BCUT2D eigenvalue weighted by Gasteiger charge is 2.28. The van der Waals surface area contributed by atoms with E-state index >= 15 is 0 Å². The average Bonchev–Trinajstić information content (AvgIpc) is 3.07. The Labute approximate surface area is 200 Å². The molecule has 2 amide bonds. The lowest BCUT2D eigenvalue weighted by Crippen LogP contribution is -2.21. The summed E-state index contributed by atoms with van der Waals surface area (Å²) in [6, 6.07) is 22.3. The summed E-state index contributed by atoms with van der Waals surface area (Å²) >= 11 is 3.49. The normalized spacial score (nSPS) is 14.4. The minimum atomic E-state index is -0.247. The van der Waals surface area contributed by atoms with Crippen LogP contribution in [0.15, 0.2) is 87.9 Å². The molecule has 1 aliphatic rings. The summed E-state index contributed by atoms with van der Waals surface area (Å²) in [4.78, 5) is 25.1. The topological polar surface area (TPSA) is 71.0 Å². The van der Waals surface area contributed by atoms with Crippen molar-refractivity contribution in [3.8, 4) is 5.75 Å². The van der Waals surface area contributed by atoms with Crippen LogP contribution in [0.25, 0.3) is 6.08 Å². The van der Waals surface area contributed by atoms with Crippen molar-refractivity contribution in [2.24, 2.45) is 5.10 Å². The van der Waals surface area contributed by atoms with E-state index in [4.69, 9.17) is 4.74 Å². The number of hydrogen-bond donors (Lipinski definition) is 1. The molecule has 0 aliphatic carbocycles. The molecule has 1 aliphatic heterocycles. The van der Waals surface area contributed by atoms with Gasteiger partial charge in [-0.2, -0.15) is 10.1 Å². The van der Waals surface area contributed by atoms with E-state index < -0.39 is 0 Å². The Bertz CT molecular complexity index is 1270. The number of aryl methyl sites for hydroxylation is 1. The highest BCUT2D eigenvalue weighted by Crippen LogP contribution is 2.29. The Kier molecular flexibility index (Phi) is 6.70. The second-order valence-electron chi connectivity index (χ2n) is 7.59. The van der Waals surface area contributed by atoms with Gasteiger partial charge in [-0.05, 0) is 83.4 Å². The first-order chi connectivity index (χ1) is 15.9. The zero-order valence-electron chi connectivity index (χ0n) is 18.2. The van der Waals surface area contributed by atoms with Crippen LogP contribution in [-0.4, -0.2) is 24.1 Å². The number of para-hydroxylation sites is 1. The number of ether oxygens (including phenoxy) is 1. The van der Waals surface area contributed by atoms with Gasteiger partial charge < -0.3 is 10.1 Å². The minimum absolute atomic E-state index is 0.122. The predicted molar refractivity (Wildman–Crippen MR) is 134 cm³/mol. The second-order valence-corrected chi connectivity index (χ2v) is 8.45. The molecule has 0 atom stereocenters. The van der Waals surface area contributed by atoms with Crippen LogP contribution in [0.2, 0.25) is 0 Å². The van der Waals surface area contributed by atoms with Crippen molar-refractivity contribution < 1.29 is 14.3 Å². The number of hydrogen-bond acceptors (Lipinski definition) is 4. The van der Waals surface area contributed by atoms with Crippen LogP contribution >= 0.6 is 15.9 Å². The molecule has 3 aromatic rings. The van der Waals surface area contributed by atoms with Gasteiger partial charge in [-0.25, -0.2) is 0 Å². The van der Waals surface area contributed by atoms with Crippen molar-refractivity contribution in [2.75, 3.05) is 16.9 Å². The van der Waals surface area contributed by atoms with Gasteiger partial charge in [-0.15, -0.1) is 0 Å². The lowest BCUT2D eigenvalue weighted by Gasteiger charge is -2.11. The van der Waals surface area contributed by atoms with Crippen molar-refractivity contribution in [3.63, 3.8) is 0 Å². The first-order valence-corrected chi connectivity index (χ1v) is 11.2. The SMILES string of the molecule is CC1=NN(c2ccccc2)C(=O)C1=Cc1ccc(OCC(=O)Nc2cccc(C)c2)c(Br)c1. The fraction of sp³-hybridized carbons (Fsp3) is 0.115. The predicted octanol–water partition coefficient (Wildman–Crippen LogP) is 5.58. The number of amides is 2. The van der Waals surface area contributed by atoms with Gasteiger partial charge in [0.05, 0.1) is 21.4 Å². The Morgan fingerprint density at radius 1 is 1.06 bits per heavy atom. The maximum atomic E-state index is 12.9. The smallest absolute Gasteiger partial charge is 0.280 e. The number of halogens is 1. The third-order valence-electron chi connectivity index (χ3n) is 4.99. The summed E-state index contributed by atoms with van der Waals surface area (Å²) in [5.41, 5.74) is 4.50. The zero-order chi connectivity index (χ0) is 23.4. The van der Waals surface area contributed by atoms with E-state index in [1.807, 2.05) is 80.6 Å². The number of anilines is 2. The Morgan fingerprint density at radius 2 is 1.85 bits per heavy atom. The number of benzene rings is 3. The van der Waals surface area contributed by atoms with Crippen LogP contribution in [0, 0.1) is 6.92 Å². The van der Waals surface area contributed by atoms with Gasteiger partial charge in [0.1, 0.15) is 5.75 Å². The van der Waals surface area contributed by atoms with Crippen LogP contribution in [-0.2, 0) is 9.59 Å². The number of carbonyl (C=O) groups excluding carboxylic acids is 2. The third-order valence-corrected chi connectivity index (χ3v) is 5.61. The molecule has 0 saturated carbocycles. The Hall–Kier alpha value is -3.71. The number of nitrogens with zero attached hydrogens (tertiary/aromatic N) is 2. The standard InChI is InChI=1S/C26H22BrN3O3/c1-17-7-6-8-20(13-17)28-25(31)16-33-24-12-11-19(15-23(24)27)14-22-18(2)29-30(26(22)32)21-9-4-3-5-10-21/h3-15H,16H2,1-2H3,(H,28,31). The fourth-order valence-electron chi connectivity index (χ4n) is 3.38. The molecule has 0 radical (unpaired) electrons. The molecule has 0 saturated heterocycles. The van der Waals surface area contributed by atoms with Crippen molar-refractivity contribution in [1.29, 1.82) is 0 Å². The lowest BCUT2D eigenvalue weighted by atomic mass is 10.1. The molecule has 33 heavy (non-hydrogen) atoms. The maximum absolute atomic E-state index is 12.9. The van der Waals surface area contributed by atoms with Gasteiger partial charge >= 0.3 is 0 Å². The molecule has 6 nitrogen and oxygen atoms in total. The summed E-state index contributed by atoms with van der Waals surface area (Å²) in [6.45, 7) is 3.65.